The van der Waals surface area contributed by atoms with E-state index in [0.717, 1.165) is 5.56 Å². The molecular formula is C51H67B3N4O21. The Morgan fingerprint density at radius 3 is 1.52 bits per heavy atom. The van der Waals surface area contributed by atoms with E-state index in [-0.39, 0.29) is 111 Å². The molecule has 3 fully saturated rings. The molecule has 0 spiro atoms. The fraction of sp³-hybridized carbons (Fsp3) is 0.471. The molecule has 3 aromatic rings. The molecule has 0 aliphatic carbocycles. The summed E-state index contributed by atoms with van der Waals surface area (Å²) in [5, 5.41) is 42.7. The molecule has 3 saturated heterocycles. The van der Waals surface area contributed by atoms with Crippen molar-refractivity contribution in [3.05, 3.63) is 108 Å². The summed E-state index contributed by atoms with van der Waals surface area (Å²) in [6.07, 6.45) is 0.0298. The predicted molar refractivity (Wildman–Crippen MR) is 279 cm³/mol. The topological polar surface area (TPSA) is 386 Å². The Bertz CT molecular complexity index is 2370. The minimum atomic E-state index is -1.11. The van der Waals surface area contributed by atoms with E-state index < -0.39 is 89.4 Å². The third-order valence-corrected chi connectivity index (χ3v) is 10.9. The van der Waals surface area contributed by atoms with Gasteiger partial charge < -0.3 is 34.7 Å². The van der Waals surface area contributed by atoms with Crippen LogP contribution in [-0.4, -0.2) is 186 Å². The standard InChI is InChI=1S/C14H18BNO6.C14H14BNO5.C13H15NO4.C5H6O3.C4H10BNO3.CH4/c17-7-11(16-9-15-21)8-22-13(18)6-12(14(19)20)10-4-2-1-3-5-10;15-14(19)16-10-7-20-12(17)6-11(13(18)21-8-10)9-4-2-1-3-5-9;14-10-7-17-12(15)6-11(13(16)18-8-10)9-4-2-1-3-5-9;1-3-2-4(6)8-5(3)7;7-1-4(2-8)6-3-5-9;/h1-5,11-12,16-17H,6-9H2,(H,19,20);1-5,10-11H,6-8H2,(H,16,19);1-5,10-11H,6-8,14H2;3H,2H2,1H3;4,6-8H,1-3H2;1H4. The van der Waals surface area contributed by atoms with Crippen LogP contribution in [0, 0.1) is 5.92 Å². The van der Waals surface area contributed by atoms with E-state index in [1.807, 2.05) is 24.3 Å². The van der Waals surface area contributed by atoms with Crippen LogP contribution in [0.1, 0.15) is 74.5 Å². The van der Waals surface area contributed by atoms with Crippen LogP contribution in [-0.2, 0) is 76.2 Å². The van der Waals surface area contributed by atoms with Crippen LogP contribution < -0.4 is 21.7 Å². The minimum Gasteiger partial charge on any atom is -0.463 e. The first kappa shape index (κ1) is 69.7. The second-order valence-electron chi connectivity index (χ2n) is 17.1. The second kappa shape index (κ2) is 39.9. The number of aliphatic hydroxyl groups excluding tert-OH is 3. The van der Waals surface area contributed by atoms with Crippen molar-refractivity contribution in [3.8, 4) is 0 Å². The fourth-order valence-corrected chi connectivity index (χ4v) is 6.68. The summed E-state index contributed by atoms with van der Waals surface area (Å²) < 4.78 is 49.3. The third kappa shape index (κ3) is 28.7. The molecule has 3 aliphatic rings. The van der Waals surface area contributed by atoms with Gasteiger partial charge in [-0.25, -0.2) is 0 Å². The van der Waals surface area contributed by atoms with E-state index in [4.69, 9.17) is 52.6 Å². The first-order valence-corrected chi connectivity index (χ1v) is 24.3. The summed E-state index contributed by atoms with van der Waals surface area (Å²) in [4.78, 5) is 102. The van der Waals surface area contributed by atoms with Gasteiger partial charge in [0.1, 0.15) is 26.4 Å². The molecule has 1 amide bonds. The number of hydrogen-bond donors (Lipinski definition) is 8. The molecule has 7 atom stereocenters. The van der Waals surface area contributed by atoms with Crippen molar-refractivity contribution < 1.29 is 101 Å². The van der Waals surface area contributed by atoms with Gasteiger partial charge in [0.15, 0.2) is 5.81 Å². The van der Waals surface area contributed by atoms with Gasteiger partial charge in [0, 0.05) is 0 Å². The van der Waals surface area contributed by atoms with Crippen LogP contribution in [0.15, 0.2) is 91.0 Å². The van der Waals surface area contributed by atoms with Crippen molar-refractivity contribution in [1.29, 1.82) is 0 Å². The maximum atomic E-state index is 12.1. The number of carbonyl (C=O) groups is 9. The molecule has 7 unspecified atom stereocenters. The monoisotopic (exact) mass is 1100 g/mol. The number of nitrogens with two attached hydrogens (primary N) is 1. The first-order chi connectivity index (χ1) is 37.3. The van der Waals surface area contributed by atoms with E-state index >= 15 is 0 Å². The molecule has 28 heteroatoms. The smallest absolute Gasteiger partial charge is 0.314 e. The first-order valence-electron chi connectivity index (χ1n) is 24.3. The van der Waals surface area contributed by atoms with Gasteiger partial charge >= 0.3 is 216 Å². The molecule has 3 aliphatic heterocycles. The molecule has 0 aromatic heterocycles. The largest absolute Gasteiger partial charge is 0.463 e. The Kier molecular flexibility index (Phi) is 35.2. The summed E-state index contributed by atoms with van der Waals surface area (Å²) in [7, 11) is 6.31. The van der Waals surface area contributed by atoms with E-state index in [1.165, 1.54) is 0 Å². The molecule has 0 bridgehead atoms. The van der Waals surface area contributed by atoms with Gasteiger partial charge in [-0.2, -0.15) is 0 Å². The summed E-state index contributed by atoms with van der Waals surface area (Å²) in [5.74, 6) is -7.82. The van der Waals surface area contributed by atoms with Gasteiger partial charge in [0.25, 0.3) is 0 Å². The van der Waals surface area contributed by atoms with Crippen molar-refractivity contribution in [2.24, 2.45) is 11.7 Å². The normalized spacial score (nSPS) is 19.5. The number of carbonyl (C=O) groups excluding carboxylic acids is 8. The van der Waals surface area contributed by atoms with E-state index in [9.17, 15) is 57.7 Å². The number of aliphatic carboxylic acids is 1. The number of ether oxygens (including phenoxy) is 6. The zero-order valence-electron chi connectivity index (χ0n) is 42.7. The number of hydrogen-bond acceptors (Lipinski definition) is 23. The van der Waals surface area contributed by atoms with Crippen LogP contribution in [0.2, 0.25) is 0 Å². The van der Waals surface area contributed by atoms with Crippen LogP contribution in [0.25, 0.3) is 0 Å². The summed E-state index contributed by atoms with van der Waals surface area (Å²) in [5.41, 5.74) is 7.57. The molecule has 3 heterocycles. The second-order valence-corrected chi connectivity index (χ2v) is 17.1. The number of carboxylic acids is 1. The van der Waals surface area contributed by atoms with Gasteiger partial charge in [0.05, 0.1) is 49.1 Å². The maximum Gasteiger partial charge on any atom is 0.314 e. The van der Waals surface area contributed by atoms with Gasteiger partial charge in [-0.15, -0.1) is 0 Å². The Labute approximate surface area is 458 Å². The summed E-state index contributed by atoms with van der Waals surface area (Å²) >= 11 is 0. The number of carboxylic acid groups (broad SMARTS) is 1. The van der Waals surface area contributed by atoms with Crippen molar-refractivity contribution >= 4 is 75.7 Å². The minimum absolute atomic E-state index is 0. The third-order valence-electron chi connectivity index (χ3n) is 10.9. The van der Waals surface area contributed by atoms with Crippen molar-refractivity contribution in [2.75, 3.05) is 65.7 Å². The zero-order chi connectivity index (χ0) is 57.8. The summed E-state index contributed by atoms with van der Waals surface area (Å²) in [6.45, 7) is 0.895. The Morgan fingerprint density at radius 1 is 0.658 bits per heavy atom. The van der Waals surface area contributed by atoms with E-state index in [1.54, 1.807) is 73.7 Å². The molecule has 3 aromatic carbocycles. The quantitative estimate of drug-likeness (QED) is 0.0345. The molecule has 25 nitrogen and oxygen atoms in total. The van der Waals surface area contributed by atoms with Crippen molar-refractivity contribution in [2.45, 2.75) is 82.0 Å². The predicted octanol–water partition coefficient (Wildman–Crippen LogP) is -0.491. The average Bonchev–Trinajstić information content (AvgIpc) is 3.79. The molecule has 6 rings (SSSR count). The maximum absolute atomic E-state index is 12.1. The summed E-state index contributed by atoms with van der Waals surface area (Å²) in [6, 6.07) is 24.3. The Hall–Kier alpha value is -7.36. The molecule has 9 N–H and O–H groups in total. The van der Waals surface area contributed by atoms with Crippen LogP contribution in [0.3, 0.4) is 0 Å². The average molecular weight is 1100 g/mol. The van der Waals surface area contributed by atoms with Crippen LogP contribution >= 0.6 is 0 Å². The van der Waals surface area contributed by atoms with Crippen LogP contribution in [0.5, 0.6) is 0 Å². The van der Waals surface area contributed by atoms with Crippen molar-refractivity contribution in [3.63, 3.8) is 0 Å². The number of amides is 1. The number of cyclic esters (lactones) is 6. The Morgan fingerprint density at radius 2 is 1.10 bits per heavy atom. The molecule has 0 saturated carbocycles. The van der Waals surface area contributed by atoms with Crippen molar-refractivity contribution in [1.82, 2.24) is 16.0 Å². The number of benzene rings is 3. The van der Waals surface area contributed by atoms with Gasteiger partial charge in [-0.3, -0.25) is 33.6 Å². The van der Waals surface area contributed by atoms with Gasteiger partial charge in [-0.1, -0.05) is 75.0 Å². The van der Waals surface area contributed by atoms with E-state index in [0.29, 0.717) is 25.4 Å². The number of esters is 7. The Balaban J connectivity index is 0.000000515. The van der Waals surface area contributed by atoms with E-state index in [2.05, 4.69) is 20.7 Å². The number of rotatable bonds is 18. The van der Waals surface area contributed by atoms with Crippen LogP contribution in [0.4, 0.5) is 4.79 Å². The molecule has 79 heavy (non-hydrogen) atoms. The number of nitrogens with one attached hydrogen (secondary N) is 3. The van der Waals surface area contributed by atoms with Gasteiger partial charge in [-0.05, 0) is 11.1 Å². The fourth-order valence-electron chi connectivity index (χ4n) is 6.68. The number of aliphatic hydroxyl groups is 3. The SMILES string of the molecule is C.CC1CC(=O)OC1=O.NC1COC(=O)CC(c2ccccc2)C(=O)OC1.O=BCNC(CO)CO.O=BCNC(CO)COC(=O)CC(C(=O)O)c1ccccc1.[B]C(=O)NC1COC(=O)CC(c2ccccc2)C(=O)OC1. The zero-order valence-corrected chi connectivity index (χ0v) is 42.7. The molecular weight excluding hydrogens is 1040 g/mol. The van der Waals surface area contributed by atoms with Gasteiger partial charge in [0.2, 0.25) is 7.85 Å². The molecule has 426 valence electrons. The molecule has 2 radical (unpaired) electrons.